The first-order chi connectivity index (χ1) is 17.0. The lowest BCUT2D eigenvalue weighted by atomic mass is 9.64. The molecular weight excluding hydrogens is 478 g/mol. The van der Waals surface area contributed by atoms with E-state index in [0.29, 0.717) is 57.3 Å². The van der Waals surface area contributed by atoms with Gasteiger partial charge < -0.3 is 0 Å². The fraction of sp³-hybridized carbons (Fsp3) is 0.536. The van der Waals surface area contributed by atoms with Crippen molar-refractivity contribution in [2.75, 3.05) is 13.1 Å². The highest BCUT2D eigenvalue weighted by Gasteiger charge is 2.51. The van der Waals surface area contributed by atoms with E-state index >= 15 is 0 Å². The molecule has 1 aliphatic rings. The summed E-state index contributed by atoms with van der Waals surface area (Å²) < 4.78 is 84.5. The summed E-state index contributed by atoms with van der Waals surface area (Å²) in [6.07, 6.45) is -6.61. The summed E-state index contributed by atoms with van der Waals surface area (Å²) in [7, 11) is 0. The molecule has 0 N–H and O–H groups in total. The Morgan fingerprint density at radius 1 is 0.861 bits per heavy atom. The van der Waals surface area contributed by atoms with Crippen LogP contribution in [0.2, 0.25) is 0 Å². The summed E-state index contributed by atoms with van der Waals surface area (Å²) in [4.78, 5) is 2.15. The van der Waals surface area contributed by atoms with Gasteiger partial charge in [0.05, 0.1) is 22.6 Å². The summed E-state index contributed by atoms with van der Waals surface area (Å²) in [6.45, 7) is 3.87. The monoisotopic (exact) mass is 510 g/mol. The minimum absolute atomic E-state index is 0.0562. The van der Waals surface area contributed by atoms with Gasteiger partial charge in [-0.3, -0.25) is 4.90 Å². The molecule has 1 aliphatic carbocycles. The van der Waals surface area contributed by atoms with Crippen LogP contribution in [-0.4, -0.2) is 18.0 Å². The Labute approximate surface area is 208 Å². The summed E-state index contributed by atoms with van der Waals surface area (Å²) in [5, 5.41) is 10.4. The Balaban J connectivity index is 2.01. The van der Waals surface area contributed by atoms with E-state index in [1.165, 1.54) is 0 Å². The number of halogens is 6. The second kappa shape index (κ2) is 11.7. The van der Waals surface area contributed by atoms with E-state index in [2.05, 4.69) is 4.90 Å². The second-order valence-electron chi connectivity index (χ2n) is 9.65. The van der Waals surface area contributed by atoms with E-state index in [4.69, 9.17) is 0 Å². The zero-order valence-corrected chi connectivity index (χ0v) is 20.4. The van der Waals surface area contributed by atoms with Crippen molar-refractivity contribution in [3.05, 3.63) is 70.8 Å². The molecule has 2 aromatic carbocycles. The van der Waals surface area contributed by atoms with Crippen molar-refractivity contribution in [2.24, 2.45) is 5.92 Å². The minimum atomic E-state index is -5.00. The molecule has 2 nitrogen and oxygen atoms in total. The number of benzene rings is 2. The van der Waals surface area contributed by atoms with Crippen molar-refractivity contribution in [1.29, 1.82) is 5.26 Å². The number of hydrogen-bond donors (Lipinski definition) is 0. The highest BCUT2D eigenvalue weighted by molar-refractivity contribution is 5.49. The van der Waals surface area contributed by atoms with E-state index in [1.807, 2.05) is 43.3 Å². The summed E-state index contributed by atoms with van der Waals surface area (Å²) >= 11 is 0. The van der Waals surface area contributed by atoms with Crippen LogP contribution in [0.5, 0.6) is 0 Å². The smallest absolute Gasteiger partial charge is 0.299 e. The lowest BCUT2D eigenvalue weighted by Crippen LogP contribution is -2.38. The Morgan fingerprint density at radius 2 is 1.44 bits per heavy atom. The first kappa shape index (κ1) is 28.0. The third-order valence-electron chi connectivity index (χ3n) is 7.21. The first-order valence-electron chi connectivity index (χ1n) is 12.5. The molecule has 3 rings (SSSR count). The summed E-state index contributed by atoms with van der Waals surface area (Å²) in [5.41, 5.74) is -4.36. The molecule has 0 aromatic heterocycles. The normalized spacial score (nSPS) is 16.8. The quantitative estimate of drug-likeness (QED) is 0.300. The third-order valence-corrected chi connectivity index (χ3v) is 7.21. The van der Waals surface area contributed by atoms with Gasteiger partial charge in [0.15, 0.2) is 0 Å². The van der Waals surface area contributed by atoms with Gasteiger partial charge in [0.1, 0.15) is 0 Å². The van der Waals surface area contributed by atoms with Crippen molar-refractivity contribution in [3.63, 3.8) is 0 Å². The van der Waals surface area contributed by atoms with E-state index in [0.717, 1.165) is 24.6 Å². The molecule has 1 atom stereocenters. The minimum Gasteiger partial charge on any atom is -0.299 e. The Morgan fingerprint density at radius 3 is 1.94 bits per heavy atom. The van der Waals surface area contributed by atoms with E-state index in [1.54, 1.807) is 0 Å². The zero-order valence-electron chi connectivity index (χ0n) is 20.4. The van der Waals surface area contributed by atoms with Crippen LogP contribution in [-0.2, 0) is 24.3 Å². The summed E-state index contributed by atoms with van der Waals surface area (Å²) in [5.74, 6) is -0.555. The molecule has 0 heterocycles. The van der Waals surface area contributed by atoms with Gasteiger partial charge >= 0.3 is 12.4 Å². The largest absolute Gasteiger partial charge is 0.416 e. The van der Waals surface area contributed by atoms with Crippen molar-refractivity contribution in [1.82, 2.24) is 4.90 Å². The molecular formula is C28H32F6N2. The van der Waals surface area contributed by atoms with Gasteiger partial charge in [0.25, 0.3) is 0 Å². The van der Waals surface area contributed by atoms with Gasteiger partial charge in [-0.1, -0.05) is 56.2 Å². The Bertz CT molecular complexity index is 987. The molecule has 0 aliphatic heterocycles. The van der Waals surface area contributed by atoms with Crippen molar-refractivity contribution >= 4 is 0 Å². The van der Waals surface area contributed by atoms with Crippen LogP contribution in [0, 0.1) is 17.2 Å². The standard InChI is InChI=1S/C28H32F6N2/c1-2-17-36(19-21-10-4-3-5-11-21)18-9-16-26(20-35,22-12-6-7-13-22)25-23(27(29,30)31)14-8-15-24(25)28(32,33)34/h3-5,8,10-11,14-15,22H,2,6-7,9,12-13,16-19H2,1H3. The first-order valence-corrected chi connectivity index (χ1v) is 12.5. The number of rotatable bonds is 10. The molecule has 0 amide bonds. The molecule has 36 heavy (non-hydrogen) atoms. The van der Waals surface area contributed by atoms with Crippen LogP contribution in [0.25, 0.3) is 0 Å². The topological polar surface area (TPSA) is 27.0 Å². The van der Waals surface area contributed by atoms with Gasteiger partial charge in [-0.15, -0.1) is 0 Å². The number of nitrogens with zero attached hydrogens (tertiary/aromatic N) is 2. The van der Waals surface area contributed by atoms with Crippen LogP contribution in [0.15, 0.2) is 48.5 Å². The van der Waals surface area contributed by atoms with Crippen molar-refractivity contribution in [2.45, 2.75) is 76.2 Å². The van der Waals surface area contributed by atoms with Crippen molar-refractivity contribution in [3.8, 4) is 6.07 Å². The van der Waals surface area contributed by atoms with E-state index in [-0.39, 0.29) is 6.42 Å². The fourth-order valence-electron chi connectivity index (χ4n) is 5.67. The van der Waals surface area contributed by atoms with Gasteiger partial charge in [0, 0.05) is 6.54 Å². The predicted molar refractivity (Wildman–Crippen MR) is 127 cm³/mol. The van der Waals surface area contributed by atoms with Gasteiger partial charge in [0.2, 0.25) is 0 Å². The maximum atomic E-state index is 14.1. The number of hydrogen-bond acceptors (Lipinski definition) is 2. The molecule has 196 valence electrons. The van der Waals surface area contributed by atoms with Gasteiger partial charge in [-0.05, 0) is 74.4 Å². The maximum Gasteiger partial charge on any atom is 0.416 e. The number of nitriles is 1. The molecule has 1 fully saturated rings. The molecule has 0 bridgehead atoms. The van der Waals surface area contributed by atoms with Crippen LogP contribution in [0.1, 0.15) is 74.1 Å². The highest BCUT2D eigenvalue weighted by Crippen LogP contribution is 2.52. The van der Waals surface area contributed by atoms with Crippen LogP contribution >= 0.6 is 0 Å². The van der Waals surface area contributed by atoms with E-state index < -0.39 is 40.4 Å². The SMILES string of the molecule is CCCN(CCCC(C#N)(c1c(C(F)(F)F)cccc1C(F)(F)F)C1CCCC1)Cc1ccccc1. The molecule has 0 spiro atoms. The molecule has 8 heteroatoms. The van der Waals surface area contributed by atoms with Crippen molar-refractivity contribution < 1.29 is 26.3 Å². The third kappa shape index (κ3) is 6.42. The molecule has 1 saturated carbocycles. The zero-order chi connectivity index (χ0) is 26.4. The average molecular weight is 511 g/mol. The molecule has 0 radical (unpaired) electrons. The Kier molecular flexibility index (Phi) is 9.10. The average Bonchev–Trinajstić information content (AvgIpc) is 3.37. The van der Waals surface area contributed by atoms with Crippen LogP contribution in [0.4, 0.5) is 26.3 Å². The number of alkyl halides is 6. The van der Waals surface area contributed by atoms with Crippen LogP contribution in [0.3, 0.4) is 0 Å². The maximum absolute atomic E-state index is 14.1. The van der Waals surface area contributed by atoms with Gasteiger partial charge in [-0.2, -0.15) is 31.6 Å². The lowest BCUT2D eigenvalue weighted by molar-refractivity contribution is -0.145. The molecule has 0 saturated heterocycles. The van der Waals surface area contributed by atoms with E-state index in [9.17, 15) is 31.6 Å². The highest BCUT2D eigenvalue weighted by atomic mass is 19.4. The molecule has 2 aromatic rings. The second-order valence-corrected chi connectivity index (χ2v) is 9.65. The lowest BCUT2D eigenvalue weighted by Gasteiger charge is -2.38. The fourth-order valence-corrected chi connectivity index (χ4v) is 5.67. The van der Waals surface area contributed by atoms with Crippen LogP contribution < -0.4 is 0 Å². The molecule has 1 unspecified atom stereocenters. The Hall–Kier alpha value is -2.53. The summed E-state index contributed by atoms with van der Waals surface area (Å²) in [6, 6.07) is 13.9. The van der Waals surface area contributed by atoms with Gasteiger partial charge in [-0.25, -0.2) is 0 Å². The predicted octanol–water partition coefficient (Wildman–Crippen LogP) is 8.37.